The van der Waals surface area contributed by atoms with Crippen molar-refractivity contribution in [2.45, 2.75) is 29.0 Å². The molecule has 0 unspecified atom stereocenters. The molecule has 3 nitrogen and oxygen atoms in total. The van der Waals surface area contributed by atoms with Crippen LogP contribution in [0.15, 0.2) is 64.9 Å². The first kappa shape index (κ1) is 18.6. The van der Waals surface area contributed by atoms with E-state index in [-0.39, 0.29) is 20.7 Å². The third kappa shape index (κ3) is 3.55. The van der Waals surface area contributed by atoms with E-state index >= 15 is 0 Å². The number of nitrogens with one attached hydrogen (secondary N) is 1. The fourth-order valence-corrected chi connectivity index (χ4v) is 6.04. The molecule has 1 fully saturated rings. The van der Waals surface area contributed by atoms with Crippen molar-refractivity contribution >= 4 is 33.0 Å². The minimum Gasteiger partial charge on any atom is -0.206 e. The predicted molar refractivity (Wildman–Crippen MR) is 107 cm³/mol. The molecule has 1 heterocycles. The van der Waals surface area contributed by atoms with Gasteiger partial charge in [0, 0.05) is 16.3 Å². The Kier molecular flexibility index (Phi) is 4.63. The predicted octanol–water partition coefficient (Wildman–Crippen LogP) is 5.22. The van der Waals surface area contributed by atoms with Gasteiger partial charge >= 0.3 is 0 Å². The summed E-state index contributed by atoms with van der Waals surface area (Å²) in [6, 6.07) is 17.4. The van der Waals surface area contributed by atoms with Crippen LogP contribution in [-0.2, 0) is 15.4 Å². The number of hydrogen-bond acceptors (Lipinski definition) is 3. The topological polar surface area (TPSA) is 46.2 Å². The molecule has 2 aromatic carbocycles. The van der Waals surface area contributed by atoms with Crippen LogP contribution in [0.4, 0.5) is 4.39 Å². The molecule has 7 heteroatoms. The molecule has 3 aromatic rings. The Hall–Kier alpha value is -1.73. The number of sulfonamides is 1. The minimum atomic E-state index is -3.62. The monoisotopic (exact) mass is 421 g/mol. The van der Waals surface area contributed by atoms with Crippen molar-refractivity contribution in [1.82, 2.24) is 4.72 Å². The van der Waals surface area contributed by atoms with E-state index in [1.165, 1.54) is 12.1 Å². The summed E-state index contributed by atoms with van der Waals surface area (Å²) in [5.74, 6) is -0.500. The summed E-state index contributed by atoms with van der Waals surface area (Å²) >= 11 is 6.97. The van der Waals surface area contributed by atoms with Crippen molar-refractivity contribution in [2.24, 2.45) is 0 Å². The van der Waals surface area contributed by atoms with Gasteiger partial charge in [0.1, 0.15) is 10.0 Å². The van der Waals surface area contributed by atoms with Gasteiger partial charge in [-0.3, -0.25) is 0 Å². The smallest absolute Gasteiger partial charge is 0.206 e. The molecule has 27 heavy (non-hydrogen) atoms. The number of benzene rings is 2. The normalized spacial score (nSPS) is 22.0. The number of hydrogen-bond donors (Lipinski definition) is 1. The van der Waals surface area contributed by atoms with E-state index < -0.39 is 15.8 Å². The second kappa shape index (κ2) is 6.71. The summed E-state index contributed by atoms with van der Waals surface area (Å²) in [4.78, 5) is 0.721. The van der Waals surface area contributed by atoms with Crippen molar-refractivity contribution in [3.8, 4) is 10.4 Å². The second-order valence-electron chi connectivity index (χ2n) is 6.91. The Morgan fingerprint density at radius 2 is 1.89 bits per heavy atom. The maximum Gasteiger partial charge on any atom is 0.250 e. The third-order valence-electron chi connectivity index (χ3n) is 5.02. The van der Waals surface area contributed by atoms with Crippen molar-refractivity contribution in [3.63, 3.8) is 0 Å². The standard InChI is InChI=1S/C20H17ClFNO2S2/c1-20(14-5-3-2-4-6-14)12-18(20)23-27(24,25)19-10-9-17(26-19)13-7-8-16(22)15(21)11-13/h2-11,18,23H,12H2,1H3/t18-,20+/m0/s1. The Balaban J connectivity index is 1.54. The highest BCUT2D eigenvalue weighted by atomic mass is 35.5. The van der Waals surface area contributed by atoms with Crippen LogP contribution in [0.5, 0.6) is 0 Å². The van der Waals surface area contributed by atoms with E-state index in [0.29, 0.717) is 5.56 Å². The maximum absolute atomic E-state index is 13.3. The van der Waals surface area contributed by atoms with Crippen molar-refractivity contribution in [3.05, 3.63) is 77.1 Å². The SMILES string of the molecule is C[C@]1(c2ccccc2)C[C@@H]1NS(=O)(=O)c1ccc(-c2ccc(F)c(Cl)c2)s1. The maximum atomic E-state index is 13.3. The lowest BCUT2D eigenvalue weighted by Crippen LogP contribution is -2.29. The zero-order valence-electron chi connectivity index (χ0n) is 14.4. The van der Waals surface area contributed by atoms with Gasteiger partial charge in [0.05, 0.1) is 5.02 Å². The molecule has 0 saturated heterocycles. The van der Waals surface area contributed by atoms with Gasteiger partial charge in [-0.15, -0.1) is 11.3 Å². The van der Waals surface area contributed by atoms with Crippen molar-refractivity contribution < 1.29 is 12.8 Å². The average Bonchev–Trinajstić information content (AvgIpc) is 3.08. The summed E-state index contributed by atoms with van der Waals surface area (Å²) < 4.78 is 42.0. The van der Waals surface area contributed by atoms with Crippen LogP contribution in [0.1, 0.15) is 18.9 Å². The van der Waals surface area contributed by atoms with Crippen LogP contribution in [-0.4, -0.2) is 14.5 Å². The molecule has 1 N–H and O–H groups in total. The van der Waals surface area contributed by atoms with Gasteiger partial charge in [-0.05, 0) is 41.8 Å². The van der Waals surface area contributed by atoms with Crippen LogP contribution in [0, 0.1) is 5.82 Å². The lowest BCUT2D eigenvalue weighted by molar-refractivity contribution is 0.576. The highest BCUT2D eigenvalue weighted by Crippen LogP contribution is 2.48. The number of rotatable bonds is 5. The first-order chi connectivity index (χ1) is 12.8. The molecule has 0 amide bonds. The summed E-state index contributed by atoms with van der Waals surface area (Å²) in [6.07, 6.45) is 0.766. The molecule has 0 bridgehead atoms. The number of halogens is 2. The first-order valence-electron chi connectivity index (χ1n) is 8.43. The molecule has 0 aliphatic heterocycles. The van der Waals surface area contributed by atoms with Gasteiger partial charge in [-0.25, -0.2) is 17.5 Å². The van der Waals surface area contributed by atoms with E-state index in [2.05, 4.69) is 11.6 Å². The third-order valence-corrected chi connectivity index (χ3v) is 8.41. The quantitative estimate of drug-likeness (QED) is 0.614. The highest BCUT2D eigenvalue weighted by molar-refractivity contribution is 7.91. The Bertz CT molecular complexity index is 1100. The number of thiophene rings is 1. The van der Waals surface area contributed by atoms with E-state index in [0.717, 1.165) is 28.2 Å². The molecule has 4 rings (SSSR count). The summed E-state index contributed by atoms with van der Waals surface area (Å²) in [5.41, 5.74) is 1.64. The molecule has 1 saturated carbocycles. The molecule has 1 aromatic heterocycles. The van der Waals surface area contributed by atoms with E-state index in [9.17, 15) is 12.8 Å². The van der Waals surface area contributed by atoms with Gasteiger partial charge in [0.15, 0.2) is 0 Å². The fourth-order valence-electron chi connectivity index (χ4n) is 3.19. The Morgan fingerprint density at radius 1 is 1.15 bits per heavy atom. The molecule has 140 valence electrons. The molecule has 0 spiro atoms. The summed E-state index contributed by atoms with van der Waals surface area (Å²) in [5, 5.41) is 0.0139. The minimum absolute atomic E-state index is 0.0139. The van der Waals surface area contributed by atoms with Gasteiger partial charge < -0.3 is 0 Å². The van der Waals surface area contributed by atoms with E-state index in [4.69, 9.17) is 11.6 Å². The first-order valence-corrected chi connectivity index (χ1v) is 11.1. The molecular weight excluding hydrogens is 405 g/mol. The molecule has 2 atom stereocenters. The zero-order chi connectivity index (χ0) is 19.2. The molecule has 0 radical (unpaired) electrons. The van der Waals surface area contributed by atoms with Gasteiger partial charge in [0.25, 0.3) is 0 Å². The van der Waals surface area contributed by atoms with E-state index in [1.54, 1.807) is 18.2 Å². The van der Waals surface area contributed by atoms with Gasteiger partial charge in [-0.2, -0.15) is 0 Å². The van der Waals surface area contributed by atoms with E-state index in [1.807, 2.05) is 30.3 Å². The Labute approximate surface area is 166 Å². The highest BCUT2D eigenvalue weighted by Gasteiger charge is 2.53. The summed E-state index contributed by atoms with van der Waals surface area (Å²) in [6.45, 7) is 2.07. The van der Waals surface area contributed by atoms with Crippen LogP contribution in [0.25, 0.3) is 10.4 Å². The average molecular weight is 422 g/mol. The van der Waals surface area contributed by atoms with Crippen molar-refractivity contribution in [1.29, 1.82) is 0 Å². The fraction of sp³-hybridized carbons (Fsp3) is 0.200. The van der Waals surface area contributed by atoms with Crippen LogP contribution >= 0.6 is 22.9 Å². The lowest BCUT2D eigenvalue weighted by atomic mass is 9.98. The summed E-state index contributed by atoms with van der Waals surface area (Å²) in [7, 11) is -3.62. The Morgan fingerprint density at radius 3 is 2.59 bits per heavy atom. The van der Waals surface area contributed by atoms with Crippen molar-refractivity contribution in [2.75, 3.05) is 0 Å². The van der Waals surface area contributed by atoms with Gasteiger partial charge in [0.2, 0.25) is 10.0 Å². The molecule has 1 aliphatic carbocycles. The second-order valence-corrected chi connectivity index (χ2v) is 10.3. The van der Waals surface area contributed by atoms with Crippen LogP contribution in [0.3, 0.4) is 0 Å². The lowest BCUT2D eigenvalue weighted by Gasteiger charge is -2.12. The molecular formula is C20H17ClFNO2S2. The van der Waals surface area contributed by atoms with Crippen LogP contribution < -0.4 is 4.72 Å². The van der Waals surface area contributed by atoms with Crippen LogP contribution in [0.2, 0.25) is 5.02 Å². The molecule has 1 aliphatic rings. The van der Waals surface area contributed by atoms with Gasteiger partial charge in [-0.1, -0.05) is 54.9 Å². The largest absolute Gasteiger partial charge is 0.250 e. The zero-order valence-corrected chi connectivity index (χ0v) is 16.8.